The minimum atomic E-state index is -1.09. The SMILES string of the molecule is CC(C)(C)Oc1ccc(C#CC23OOC(C#Cc4ccc(OC(C)(C)C)cc4)(c4ccccc42)c2ccccc23)cc1. The number of fused-ring (bicyclic) bond motifs is 1. The molecule has 0 unspecified atom stereocenters. The van der Waals surface area contributed by atoms with Crippen molar-refractivity contribution in [1.82, 2.24) is 0 Å². The van der Waals surface area contributed by atoms with Gasteiger partial charge >= 0.3 is 0 Å². The molecule has 0 fully saturated rings. The van der Waals surface area contributed by atoms with Gasteiger partial charge < -0.3 is 9.47 Å². The summed E-state index contributed by atoms with van der Waals surface area (Å²) in [7, 11) is 0. The van der Waals surface area contributed by atoms with Crippen LogP contribution in [0, 0.1) is 23.7 Å². The molecule has 1 aliphatic carbocycles. The largest absolute Gasteiger partial charge is 0.488 e. The van der Waals surface area contributed by atoms with Crippen LogP contribution in [0.1, 0.15) is 74.9 Å². The van der Waals surface area contributed by atoms with Gasteiger partial charge in [-0.15, -0.1) is 0 Å². The zero-order valence-electron chi connectivity index (χ0n) is 24.9. The second-order valence-corrected chi connectivity index (χ2v) is 12.6. The van der Waals surface area contributed by atoms with Crippen LogP contribution in [0.4, 0.5) is 0 Å². The molecule has 7 rings (SSSR count). The third-order valence-corrected chi connectivity index (χ3v) is 6.99. The number of ether oxygens (including phenoxy) is 2. The van der Waals surface area contributed by atoms with Crippen LogP contribution in [0.15, 0.2) is 97.1 Å². The fraction of sp³-hybridized carbons (Fsp3) is 0.263. The Morgan fingerprint density at radius 2 is 0.786 bits per heavy atom. The summed E-state index contributed by atoms with van der Waals surface area (Å²) in [5, 5.41) is 0. The van der Waals surface area contributed by atoms with Gasteiger partial charge in [-0.25, -0.2) is 9.78 Å². The maximum Gasteiger partial charge on any atom is 0.215 e. The highest BCUT2D eigenvalue weighted by Crippen LogP contribution is 2.56. The molecule has 2 heterocycles. The third kappa shape index (κ3) is 5.17. The van der Waals surface area contributed by atoms with Crippen molar-refractivity contribution in [3.8, 4) is 35.2 Å². The van der Waals surface area contributed by atoms with Crippen LogP contribution in [-0.4, -0.2) is 11.2 Å². The van der Waals surface area contributed by atoms with Crippen molar-refractivity contribution in [2.75, 3.05) is 0 Å². The maximum atomic E-state index is 6.27. The number of hydrogen-bond acceptors (Lipinski definition) is 4. The lowest BCUT2D eigenvalue weighted by Gasteiger charge is -2.49. The Kier molecular flexibility index (Phi) is 6.66. The summed E-state index contributed by atoms with van der Waals surface area (Å²) in [5.41, 5.74) is 2.69. The molecule has 2 aliphatic heterocycles. The Morgan fingerprint density at radius 3 is 1.07 bits per heavy atom. The molecule has 0 saturated heterocycles. The first-order valence-corrected chi connectivity index (χ1v) is 14.2. The van der Waals surface area contributed by atoms with Crippen molar-refractivity contribution in [2.24, 2.45) is 0 Å². The quantitative estimate of drug-likeness (QED) is 0.186. The molecule has 0 N–H and O–H groups in total. The van der Waals surface area contributed by atoms with Crippen molar-refractivity contribution in [1.29, 1.82) is 0 Å². The highest BCUT2D eigenvalue weighted by atomic mass is 17.2. The van der Waals surface area contributed by atoms with E-state index in [0.717, 1.165) is 44.9 Å². The molecular formula is C38H34O4. The van der Waals surface area contributed by atoms with Crippen LogP contribution in [0.2, 0.25) is 0 Å². The molecule has 0 spiro atoms. The van der Waals surface area contributed by atoms with Gasteiger partial charge in [-0.1, -0.05) is 60.4 Å². The molecule has 3 aliphatic rings. The van der Waals surface area contributed by atoms with Gasteiger partial charge in [0.1, 0.15) is 22.7 Å². The molecule has 2 bridgehead atoms. The summed E-state index contributed by atoms with van der Waals surface area (Å²) in [4.78, 5) is 12.5. The molecule has 4 nitrogen and oxygen atoms in total. The minimum absolute atomic E-state index is 0.269. The first-order valence-electron chi connectivity index (χ1n) is 14.2. The van der Waals surface area contributed by atoms with Crippen LogP contribution < -0.4 is 9.47 Å². The van der Waals surface area contributed by atoms with E-state index in [2.05, 4.69) is 47.9 Å². The van der Waals surface area contributed by atoms with E-state index in [0.29, 0.717) is 0 Å². The lowest BCUT2D eigenvalue weighted by Crippen LogP contribution is -2.51. The van der Waals surface area contributed by atoms with E-state index in [1.165, 1.54) is 0 Å². The molecule has 0 saturated carbocycles. The van der Waals surface area contributed by atoms with Crippen LogP contribution in [-0.2, 0) is 21.0 Å². The standard InChI is InChI=1S/C38H34O4/c1-35(2,3)39-29-19-15-27(16-20-29)23-25-37-31-11-7-9-13-33(31)38(42-41-37,34-14-10-8-12-32(34)37)26-24-28-17-21-30(22-18-28)40-36(4,5)6/h7-22H,1-6H3. The fourth-order valence-corrected chi connectivity index (χ4v) is 5.34. The molecule has 4 aromatic rings. The molecule has 0 atom stereocenters. The summed E-state index contributed by atoms with van der Waals surface area (Å²) in [5.74, 6) is 15.1. The van der Waals surface area contributed by atoms with Crippen molar-refractivity contribution >= 4 is 0 Å². The Hall–Kier alpha value is -4.48. The zero-order valence-corrected chi connectivity index (χ0v) is 24.9. The van der Waals surface area contributed by atoms with E-state index in [1.54, 1.807) is 0 Å². The Labute approximate surface area is 248 Å². The molecule has 0 radical (unpaired) electrons. The van der Waals surface area contributed by atoms with E-state index < -0.39 is 11.2 Å². The molecule has 42 heavy (non-hydrogen) atoms. The summed E-state index contributed by atoms with van der Waals surface area (Å²) in [6, 6.07) is 31.8. The molecule has 0 amide bonds. The molecular weight excluding hydrogens is 520 g/mol. The van der Waals surface area contributed by atoms with Crippen LogP contribution in [0.25, 0.3) is 0 Å². The lowest BCUT2D eigenvalue weighted by atomic mass is 9.67. The van der Waals surface area contributed by atoms with Crippen LogP contribution in [0.3, 0.4) is 0 Å². The smallest absolute Gasteiger partial charge is 0.215 e. The van der Waals surface area contributed by atoms with Crippen molar-refractivity contribution in [3.63, 3.8) is 0 Å². The Balaban J connectivity index is 1.40. The first-order chi connectivity index (χ1) is 20.0. The van der Waals surface area contributed by atoms with Gasteiger partial charge in [0.15, 0.2) is 0 Å². The summed E-state index contributed by atoms with van der Waals surface area (Å²) < 4.78 is 11.9. The predicted molar refractivity (Wildman–Crippen MR) is 164 cm³/mol. The Bertz CT molecular complexity index is 1570. The first kappa shape index (κ1) is 27.7. The highest BCUT2D eigenvalue weighted by molar-refractivity contribution is 5.66. The monoisotopic (exact) mass is 554 g/mol. The van der Waals surface area contributed by atoms with Crippen molar-refractivity contribution < 1.29 is 19.2 Å². The van der Waals surface area contributed by atoms with E-state index >= 15 is 0 Å². The fourth-order valence-electron chi connectivity index (χ4n) is 5.34. The topological polar surface area (TPSA) is 36.9 Å². The molecule has 0 aromatic heterocycles. The van der Waals surface area contributed by atoms with Gasteiger partial charge in [0, 0.05) is 33.4 Å². The van der Waals surface area contributed by atoms with Gasteiger partial charge in [-0.05, 0) is 102 Å². The second kappa shape index (κ2) is 10.1. The van der Waals surface area contributed by atoms with E-state index in [9.17, 15) is 0 Å². The van der Waals surface area contributed by atoms with Gasteiger partial charge in [-0.3, -0.25) is 0 Å². The number of hydrogen-bond donors (Lipinski definition) is 0. The average molecular weight is 555 g/mol. The molecule has 4 heteroatoms. The average Bonchev–Trinajstić information content (AvgIpc) is 2.96. The van der Waals surface area contributed by atoms with E-state index in [1.807, 2.05) is 114 Å². The minimum Gasteiger partial charge on any atom is -0.488 e. The zero-order chi connectivity index (χ0) is 29.6. The van der Waals surface area contributed by atoms with Gasteiger partial charge in [0.2, 0.25) is 11.2 Å². The van der Waals surface area contributed by atoms with Gasteiger partial charge in [-0.2, -0.15) is 0 Å². The van der Waals surface area contributed by atoms with Crippen molar-refractivity contribution in [2.45, 2.75) is 63.9 Å². The number of benzene rings is 4. The summed E-state index contributed by atoms with van der Waals surface area (Å²) in [6.45, 7) is 12.2. The van der Waals surface area contributed by atoms with E-state index in [4.69, 9.17) is 19.2 Å². The summed E-state index contributed by atoms with van der Waals surface area (Å²) >= 11 is 0. The van der Waals surface area contributed by atoms with Crippen LogP contribution in [0.5, 0.6) is 11.5 Å². The van der Waals surface area contributed by atoms with E-state index in [-0.39, 0.29) is 11.2 Å². The third-order valence-electron chi connectivity index (χ3n) is 6.99. The lowest BCUT2D eigenvalue weighted by molar-refractivity contribution is -0.401. The molecule has 210 valence electrons. The van der Waals surface area contributed by atoms with Crippen molar-refractivity contribution in [3.05, 3.63) is 130 Å². The predicted octanol–water partition coefficient (Wildman–Crippen LogP) is 7.91. The number of rotatable bonds is 2. The highest BCUT2D eigenvalue weighted by Gasteiger charge is 2.58. The van der Waals surface area contributed by atoms with Crippen LogP contribution >= 0.6 is 0 Å². The normalized spacial score (nSPS) is 20.2. The molecule has 4 aromatic carbocycles. The van der Waals surface area contributed by atoms with Gasteiger partial charge in [0.25, 0.3) is 0 Å². The van der Waals surface area contributed by atoms with Gasteiger partial charge in [0.05, 0.1) is 0 Å². The maximum absolute atomic E-state index is 6.27. The summed E-state index contributed by atoms with van der Waals surface area (Å²) in [6.07, 6.45) is 0. The Morgan fingerprint density at radius 1 is 0.476 bits per heavy atom. The second-order valence-electron chi connectivity index (χ2n) is 12.6.